The topological polar surface area (TPSA) is 22.1 Å². The number of nitrogens with zero attached hydrogens (tertiary/aromatic N) is 1. The summed E-state index contributed by atoms with van der Waals surface area (Å²) in [5, 5.41) is 1.08. The van der Waals surface area contributed by atoms with Gasteiger partial charge in [0.1, 0.15) is 11.3 Å². The van der Waals surface area contributed by atoms with E-state index in [0.29, 0.717) is 0 Å². The number of pyridine rings is 1. The van der Waals surface area contributed by atoms with Crippen LogP contribution in [0.15, 0.2) is 36.9 Å². The first-order valence-corrected chi connectivity index (χ1v) is 4.41. The molecule has 0 saturated heterocycles. The third-order valence-corrected chi connectivity index (χ3v) is 2.13. The quantitative estimate of drug-likeness (QED) is 0.717. The van der Waals surface area contributed by atoms with E-state index in [4.69, 9.17) is 4.74 Å². The Balaban J connectivity index is 2.76. The molecule has 0 spiro atoms. The molecule has 0 aliphatic heterocycles. The van der Waals surface area contributed by atoms with Crippen molar-refractivity contribution in [3.63, 3.8) is 0 Å². The number of para-hydroxylation sites is 1. The summed E-state index contributed by atoms with van der Waals surface area (Å²) in [6, 6.07) is 9.83. The molecule has 2 aromatic rings. The van der Waals surface area contributed by atoms with Crippen LogP contribution in [0.3, 0.4) is 0 Å². The molecule has 2 heteroatoms. The molecule has 0 radical (unpaired) electrons. The molecule has 0 saturated carbocycles. The third kappa shape index (κ3) is 1.35. The van der Waals surface area contributed by atoms with Crippen LogP contribution in [0.2, 0.25) is 0 Å². The van der Waals surface area contributed by atoms with Crippen LogP contribution >= 0.6 is 0 Å². The molecule has 0 aliphatic carbocycles. The number of benzene rings is 1. The van der Waals surface area contributed by atoms with Crippen molar-refractivity contribution >= 4 is 17.0 Å². The highest BCUT2D eigenvalue weighted by atomic mass is 16.5. The molecule has 1 aromatic heterocycles. The summed E-state index contributed by atoms with van der Waals surface area (Å²) in [5.41, 5.74) is 1.74. The van der Waals surface area contributed by atoms with Crippen LogP contribution in [-0.2, 0) is 0 Å². The fourth-order valence-corrected chi connectivity index (χ4v) is 1.41. The van der Waals surface area contributed by atoms with Crippen LogP contribution in [0.1, 0.15) is 5.69 Å². The van der Waals surface area contributed by atoms with Crippen molar-refractivity contribution in [1.29, 1.82) is 0 Å². The number of ether oxygens (including phenoxy) is 1. The summed E-state index contributed by atoms with van der Waals surface area (Å²) in [5.74, 6) is 0.797. The van der Waals surface area contributed by atoms with Crippen LogP contribution in [0.4, 0.5) is 0 Å². The van der Waals surface area contributed by atoms with Gasteiger partial charge in [-0.1, -0.05) is 24.8 Å². The van der Waals surface area contributed by atoms with Crippen molar-refractivity contribution in [2.45, 2.75) is 0 Å². The molecule has 70 valence electrons. The Kier molecular flexibility index (Phi) is 2.19. The maximum absolute atomic E-state index is 5.23. The number of methoxy groups -OCH3 is 1. The predicted molar refractivity (Wildman–Crippen MR) is 58.4 cm³/mol. The van der Waals surface area contributed by atoms with Gasteiger partial charge in [0, 0.05) is 5.39 Å². The summed E-state index contributed by atoms with van der Waals surface area (Å²) in [6.07, 6.45) is 1.73. The van der Waals surface area contributed by atoms with Crippen molar-refractivity contribution in [2.75, 3.05) is 7.11 Å². The SMILES string of the molecule is C=Cc1ccc2cccc(OC)c2n1. The van der Waals surface area contributed by atoms with E-state index >= 15 is 0 Å². The number of aromatic nitrogens is 1. The van der Waals surface area contributed by atoms with Gasteiger partial charge in [0.2, 0.25) is 0 Å². The maximum Gasteiger partial charge on any atom is 0.145 e. The standard InChI is InChI=1S/C12H11NO/c1-3-10-8-7-9-5-4-6-11(14-2)12(9)13-10/h3-8H,1H2,2H3. The van der Waals surface area contributed by atoms with Crippen molar-refractivity contribution in [1.82, 2.24) is 4.98 Å². The van der Waals surface area contributed by atoms with Crippen LogP contribution in [0.25, 0.3) is 17.0 Å². The second-order valence-corrected chi connectivity index (χ2v) is 2.97. The van der Waals surface area contributed by atoms with Gasteiger partial charge >= 0.3 is 0 Å². The van der Waals surface area contributed by atoms with Gasteiger partial charge in [-0.2, -0.15) is 0 Å². The van der Waals surface area contributed by atoms with Gasteiger partial charge in [0.15, 0.2) is 0 Å². The van der Waals surface area contributed by atoms with E-state index in [0.717, 1.165) is 22.3 Å². The number of rotatable bonds is 2. The molecular weight excluding hydrogens is 174 g/mol. The largest absolute Gasteiger partial charge is 0.494 e. The van der Waals surface area contributed by atoms with Crippen molar-refractivity contribution in [2.24, 2.45) is 0 Å². The van der Waals surface area contributed by atoms with E-state index in [1.165, 1.54) is 0 Å². The second kappa shape index (κ2) is 3.50. The van der Waals surface area contributed by atoms with Crippen LogP contribution < -0.4 is 4.74 Å². The number of fused-ring (bicyclic) bond motifs is 1. The highest BCUT2D eigenvalue weighted by Gasteiger charge is 2.01. The van der Waals surface area contributed by atoms with Gasteiger partial charge in [-0.05, 0) is 18.2 Å². The van der Waals surface area contributed by atoms with Gasteiger partial charge in [0.05, 0.1) is 12.8 Å². The predicted octanol–water partition coefficient (Wildman–Crippen LogP) is 2.89. The molecule has 0 bridgehead atoms. The highest BCUT2D eigenvalue weighted by molar-refractivity contribution is 5.85. The van der Waals surface area contributed by atoms with E-state index in [2.05, 4.69) is 11.6 Å². The Morgan fingerprint density at radius 1 is 1.29 bits per heavy atom. The first-order valence-electron chi connectivity index (χ1n) is 4.41. The molecule has 0 N–H and O–H groups in total. The second-order valence-electron chi connectivity index (χ2n) is 2.97. The molecular formula is C12H11NO. The minimum absolute atomic E-state index is 0.797. The molecule has 0 atom stereocenters. The molecule has 0 unspecified atom stereocenters. The first-order chi connectivity index (χ1) is 6.85. The fourth-order valence-electron chi connectivity index (χ4n) is 1.41. The molecule has 14 heavy (non-hydrogen) atoms. The van der Waals surface area contributed by atoms with E-state index in [-0.39, 0.29) is 0 Å². The van der Waals surface area contributed by atoms with Gasteiger partial charge in [0.25, 0.3) is 0 Å². The fraction of sp³-hybridized carbons (Fsp3) is 0.0833. The van der Waals surface area contributed by atoms with Crippen molar-refractivity contribution in [3.05, 3.63) is 42.6 Å². The Morgan fingerprint density at radius 2 is 2.14 bits per heavy atom. The van der Waals surface area contributed by atoms with Crippen molar-refractivity contribution in [3.8, 4) is 5.75 Å². The molecule has 2 rings (SSSR count). The van der Waals surface area contributed by atoms with E-state index in [9.17, 15) is 0 Å². The minimum atomic E-state index is 0.797. The zero-order chi connectivity index (χ0) is 9.97. The lowest BCUT2D eigenvalue weighted by Gasteiger charge is -2.04. The summed E-state index contributed by atoms with van der Waals surface area (Å²) in [4.78, 5) is 4.42. The lowest BCUT2D eigenvalue weighted by molar-refractivity contribution is 0.419. The first kappa shape index (κ1) is 8.75. The molecule has 1 aromatic carbocycles. The highest BCUT2D eigenvalue weighted by Crippen LogP contribution is 2.23. The Bertz CT molecular complexity index is 477. The molecule has 1 heterocycles. The van der Waals surface area contributed by atoms with Crippen molar-refractivity contribution < 1.29 is 4.74 Å². The Labute approximate surface area is 82.9 Å². The summed E-state index contributed by atoms with van der Waals surface area (Å²) in [6.45, 7) is 3.69. The zero-order valence-electron chi connectivity index (χ0n) is 8.03. The van der Waals surface area contributed by atoms with E-state index < -0.39 is 0 Å². The molecule has 2 nitrogen and oxygen atoms in total. The van der Waals surface area contributed by atoms with Gasteiger partial charge in [-0.15, -0.1) is 0 Å². The van der Waals surface area contributed by atoms with Gasteiger partial charge in [-0.3, -0.25) is 0 Å². The Hall–Kier alpha value is -1.83. The maximum atomic E-state index is 5.23. The zero-order valence-corrected chi connectivity index (χ0v) is 8.03. The molecule has 0 fully saturated rings. The average molecular weight is 185 g/mol. The van der Waals surface area contributed by atoms with Crippen LogP contribution in [0.5, 0.6) is 5.75 Å². The molecule has 0 amide bonds. The number of hydrogen-bond acceptors (Lipinski definition) is 2. The minimum Gasteiger partial charge on any atom is -0.494 e. The smallest absolute Gasteiger partial charge is 0.145 e. The lowest BCUT2D eigenvalue weighted by atomic mass is 10.2. The summed E-state index contributed by atoms with van der Waals surface area (Å²) in [7, 11) is 1.65. The monoisotopic (exact) mass is 185 g/mol. The van der Waals surface area contributed by atoms with Crippen LogP contribution in [-0.4, -0.2) is 12.1 Å². The summed E-state index contributed by atoms with van der Waals surface area (Å²) < 4.78 is 5.23. The molecule has 0 aliphatic rings. The number of hydrogen-bond donors (Lipinski definition) is 0. The van der Waals surface area contributed by atoms with Crippen LogP contribution in [0, 0.1) is 0 Å². The van der Waals surface area contributed by atoms with E-state index in [1.807, 2.05) is 30.3 Å². The van der Waals surface area contributed by atoms with Gasteiger partial charge < -0.3 is 4.74 Å². The Morgan fingerprint density at radius 3 is 2.86 bits per heavy atom. The normalized spacial score (nSPS) is 10.1. The average Bonchev–Trinajstić information content (AvgIpc) is 2.27. The van der Waals surface area contributed by atoms with E-state index in [1.54, 1.807) is 13.2 Å². The van der Waals surface area contributed by atoms with Gasteiger partial charge in [-0.25, -0.2) is 4.98 Å². The third-order valence-electron chi connectivity index (χ3n) is 2.13. The summed E-state index contributed by atoms with van der Waals surface area (Å²) >= 11 is 0. The lowest BCUT2D eigenvalue weighted by Crippen LogP contribution is -1.88.